The van der Waals surface area contributed by atoms with E-state index in [1.165, 1.54) is 11.8 Å². The zero-order valence-electron chi connectivity index (χ0n) is 11.8. The van der Waals surface area contributed by atoms with Crippen LogP contribution in [0.4, 0.5) is 5.69 Å². The van der Waals surface area contributed by atoms with Crippen LogP contribution in [0.3, 0.4) is 0 Å². The molecule has 0 spiro atoms. The number of benzene rings is 1. The van der Waals surface area contributed by atoms with Gasteiger partial charge in [-0.15, -0.1) is 0 Å². The Labute approximate surface area is 127 Å². The highest BCUT2D eigenvalue weighted by molar-refractivity contribution is 7.99. The minimum atomic E-state index is -0.445. The molecule has 0 amide bonds. The van der Waals surface area contributed by atoms with E-state index in [0.717, 1.165) is 10.6 Å². The molecule has 0 aliphatic heterocycles. The van der Waals surface area contributed by atoms with Crippen molar-refractivity contribution in [3.05, 3.63) is 42.1 Å². The van der Waals surface area contributed by atoms with Gasteiger partial charge in [0.15, 0.2) is 0 Å². The maximum Gasteiger partial charge on any atom is 0.340 e. The lowest BCUT2D eigenvalue weighted by atomic mass is 10.2. The molecule has 1 aromatic carbocycles. The number of carbonyl (C=O) groups is 1. The van der Waals surface area contributed by atoms with Crippen LogP contribution in [0, 0.1) is 0 Å². The summed E-state index contributed by atoms with van der Waals surface area (Å²) < 4.78 is 10.3. The van der Waals surface area contributed by atoms with Crippen molar-refractivity contribution in [1.82, 2.24) is 4.98 Å². The fourth-order valence-electron chi connectivity index (χ4n) is 1.73. The number of para-hydroxylation sites is 1. The smallest absolute Gasteiger partial charge is 0.340 e. The Morgan fingerprint density at radius 1 is 1.33 bits per heavy atom. The molecule has 2 N–H and O–H groups in total. The molecule has 1 aromatic heterocycles. The highest BCUT2D eigenvalue weighted by Gasteiger charge is 2.16. The van der Waals surface area contributed by atoms with E-state index >= 15 is 0 Å². The first-order valence-electron chi connectivity index (χ1n) is 6.39. The number of esters is 1. The number of nitrogens with zero attached hydrogens (tertiary/aromatic N) is 1. The highest BCUT2D eigenvalue weighted by atomic mass is 32.2. The lowest BCUT2D eigenvalue weighted by Crippen LogP contribution is -2.09. The number of anilines is 1. The van der Waals surface area contributed by atoms with Crippen molar-refractivity contribution < 1.29 is 14.3 Å². The summed E-state index contributed by atoms with van der Waals surface area (Å²) in [6.07, 6.45) is 1.54. The maximum atomic E-state index is 11.8. The summed E-state index contributed by atoms with van der Waals surface area (Å²) in [5.74, 6) is 0.282. The van der Waals surface area contributed by atoms with Crippen molar-refractivity contribution in [1.29, 1.82) is 0 Å². The molecule has 0 unspecified atom stereocenters. The van der Waals surface area contributed by atoms with Gasteiger partial charge in [-0.2, -0.15) is 0 Å². The fourth-order valence-corrected chi connectivity index (χ4v) is 2.67. The predicted molar refractivity (Wildman–Crippen MR) is 81.7 cm³/mol. The van der Waals surface area contributed by atoms with E-state index in [1.54, 1.807) is 26.3 Å². The van der Waals surface area contributed by atoms with Crippen molar-refractivity contribution in [2.45, 2.75) is 16.8 Å². The van der Waals surface area contributed by atoms with E-state index in [9.17, 15) is 4.79 Å². The summed E-state index contributed by atoms with van der Waals surface area (Å²) in [5.41, 5.74) is 6.66. The highest BCUT2D eigenvalue weighted by Crippen LogP contribution is 2.37. The third-order valence-corrected chi connectivity index (χ3v) is 3.80. The summed E-state index contributed by atoms with van der Waals surface area (Å²) in [6.45, 7) is 2.05. The summed E-state index contributed by atoms with van der Waals surface area (Å²) in [5, 5.41) is 0.546. The first-order chi connectivity index (χ1) is 10.2. The zero-order valence-corrected chi connectivity index (χ0v) is 12.6. The minimum Gasteiger partial charge on any atom is -0.496 e. The maximum absolute atomic E-state index is 11.8. The topological polar surface area (TPSA) is 74.4 Å². The molecular formula is C15H16N2O3S. The minimum absolute atomic E-state index is 0.301. The molecule has 0 aliphatic carbocycles. The van der Waals surface area contributed by atoms with Gasteiger partial charge in [0.1, 0.15) is 10.8 Å². The summed E-state index contributed by atoms with van der Waals surface area (Å²) >= 11 is 1.35. The summed E-state index contributed by atoms with van der Waals surface area (Å²) in [6, 6.07) is 9.10. The van der Waals surface area contributed by atoms with Crippen LogP contribution in [0.15, 0.2) is 46.5 Å². The zero-order chi connectivity index (χ0) is 15.2. The van der Waals surface area contributed by atoms with Gasteiger partial charge in [-0.25, -0.2) is 9.78 Å². The molecule has 21 heavy (non-hydrogen) atoms. The molecule has 0 atom stereocenters. The van der Waals surface area contributed by atoms with Crippen LogP contribution in [0.5, 0.6) is 5.75 Å². The van der Waals surface area contributed by atoms with E-state index in [0.29, 0.717) is 22.9 Å². The number of hydrogen-bond donors (Lipinski definition) is 1. The molecule has 0 bridgehead atoms. The third-order valence-electron chi connectivity index (χ3n) is 2.72. The average Bonchev–Trinajstić information content (AvgIpc) is 2.50. The quantitative estimate of drug-likeness (QED) is 0.856. The average molecular weight is 304 g/mol. The van der Waals surface area contributed by atoms with Gasteiger partial charge in [0, 0.05) is 6.20 Å². The van der Waals surface area contributed by atoms with Crippen LogP contribution in [0.25, 0.3) is 0 Å². The van der Waals surface area contributed by atoms with E-state index in [4.69, 9.17) is 15.2 Å². The van der Waals surface area contributed by atoms with Crippen molar-refractivity contribution in [2.24, 2.45) is 0 Å². The van der Waals surface area contributed by atoms with Crippen LogP contribution in [0.2, 0.25) is 0 Å². The van der Waals surface area contributed by atoms with Gasteiger partial charge in [0.25, 0.3) is 0 Å². The van der Waals surface area contributed by atoms with Crippen molar-refractivity contribution in [3.8, 4) is 5.75 Å². The first kappa shape index (κ1) is 15.2. The number of nitrogens with two attached hydrogens (primary N) is 1. The molecule has 0 saturated heterocycles. The van der Waals surface area contributed by atoms with Crippen LogP contribution in [-0.4, -0.2) is 24.7 Å². The molecular weight excluding hydrogens is 288 g/mol. The van der Waals surface area contributed by atoms with Gasteiger partial charge in [-0.1, -0.05) is 23.9 Å². The lowest BCUT2D eigenvalue weighted by Gasteiger charge is -2.11. The molecule has 2 aromatic rings. The third kappa shape index (κ3) is 3.46. The van der Waals surface area contributed by atoms with Crippen LogP contribution in [0.1, 0.15) is 17.3 Å². The van der Waals surface area contributed by atoms with Gasteiger partial charge in [-0.3, -0.25) is 0 Å². The summed E-state index contributed by atoms with van der Waals surface area (Å²) in [7, 11) is 1.60. The fraction of sp³-hybridized carbons (Fsp3) is 0.200. The monoisotopic (exact) mass is 304 g/mol. The molecule has 1 heterocycles. The molecule has 5 nitrogen and oxygen atoms in total. The molecule has 6 heteroatoms. The van der Waals surface area contributed by atoms with Crippen molar-refractivity contribution in [3.63, 3.8) is 0 Å². The van der Waals surface area contributed by atoms with Gasteiger partial charge < -0.3 is 15.2 Å². The molecule has 110 valence electrons. The number of aromatic nitrogens is 1. The molecule has 0 aliphatic rings. The normalized spacial score (nSPS) is 10.2. The Morgan fingerprint density at radius 2 is 2.10 bits per heavy atom. The molecule has 2 rings (SSSR count). The predicted octanol–water partition coefficient (Wildman–Crippen LogP) is 3.00. The number of rotatable bonds is 5. The Hall–Kier alpha value is -2.21. The largest absolute Gasteiger partial charge is 0.496 e. The second kappa shape index (κ2) is 6.99. The Morgan fingerprint density at radius 3 is 2.81 bits per heavy atom. The standard InChI is InChI=1S/C15H16N2O3S/c1-3-20-15(18)10-8-9-17-14(13(10)16)21-12-7-5-4-6-11(12)19-2/h4-9H,3,16H2,1-2H3. The SMILES string of the molecule is CCOC(=O)c1ccnc(Sc2ccccc2OC)c1N. The van der Waals surface area contributed by atoms with Crippen molar-refractivity contribution >= 4 is 23.4 Å². The summed E-state index contributed by atoms with van der Waals surface area (Å²) in [4.78, 5) is 16.9. The lowest BCUT2D eigenvalue weighted by molar-refractivity contribution is 0.0527. The van der Waals surface area contributed by atoms with Gasteiger partial charge in [0.05, 0.1) is 29.9 Å². The van der Waals surface area contributed by atoms with Gasteiger partial charge in [0.2, 0.25) is 0 Å². The van der Waals surface area contributed by atoms with E-state index in [-0.39, 0.29) is 0 Å². The number of nitrogen functional groups attached to an aromatic ring is 1. The molecule has 0 fully saturated rings. The number of pyridine rings is 1. The van der Waals surface area contributed by atoms with Gasteiger partial charge >= 0.3 is 5.97 Å². The number of methoxy groups -OCH3 is 1. The number of ether oxygens (including phenoxy) is 2. The number of hydrogen-bond acceptors (Lipinski definition) is 6. The molecule has 0 radical (unpaired) electrons. The van der Waals surface area contributed by atoms with Crippen LogP contribution in [-0.2, 0) is 4.74 Å². The van der Waals surface area contributed by atoms with Crippen LogP contribution < -0.4 is 10.5 Å². The van der Waals surface area contributed by atoms with E-state index in [2.05, 4.69) is 4.98 Å². The van der Waals surface area contributed by atoms with Gasteiger partial charge in [-0.05, 0) is 25.1 Å². The first-order valence-corrected chi connectivity index (χ1v) is 7.21. The van der Waals surface area contributed by atoms with E-state index in [1.807, 2.05) is 24.3 Å². The van der Waals surface area contributed by atoms with E-state index < -0.39 is 5.97 Å². The Kier molecular flexibility index (Phi) is 5.05. The second-order valence-electron chi connectivity index (χ2n) is 4.05. The van der Waals surface area contributed by atoms with Crippen LogP contribution >= 0.6 is 11.8 Å². The van der Waals surface area contributed by atoms with Crippen molar-refractivity contribution in [2.75, 3.05) is 19.5 Å². The second-order valence-corrected chi connectivity index (χ2v) is 5.08. The number of carbonyl (C=O) groups excluding carboxylic acids is 1. The Bertz CT molecular complexity index is 647. The molecule has 0 saturated carbocycles. The Balaban J connectivity index is 2.33.